The smallest absolute Gasteiger partial charge is 0.125 e. The average Bonchev–Trinajstić information content (AvgIpc) is 2.80. The van der Waals surface area contributed by atoms with E-state index in [4.69, 9.17) is 0 Å². The fraction of sp³-hybridized carbons (Fsp3) is 0.500. The number of benzene rings is 1. The maximum Gasteiger partial charge on any atom is 0.146 e. The van der Waals surface area contributed by atoms with Crippen molar-refractivity contribution in [2.24, 2.45) is 0 Å². The van der Waals surface area contributed by atoms with Crippen LogP contribution >= 0.6 is 0 Å². The van der Waals surface area contributed by atoms with Gasteiger partial charge in [-0.2, -0.15) is 0 Å². The highest BCUT2D eigenvalue weighted by Crippen LogP contribution is 2.41. The molecule has 0 atom stereocenters. The summed E-state index contributed by atoms with van der Waals surface area (Å²) >= 11 is 0. The first-order chi connectivity index (χ1) is 9.87. The Labute approximate surface area is 131 Å². The summed E-state index contributed by atoms with van der Waals surface area (Å²) in [6.07, 6.45) is 3.30. The molecule has 1 aromatic rings. The van der Waals surface area contributed by atoms with Crippen LogP contribution in [0.15, 0.2) is 29.8 Å². The molecule has 0 saturated heterocycles. The maximum absolute atomic E-state index is 3.83. The maximum atomic E-state index is 3.83. The molecule has 1 aliphatic rings. The molecule has 1 heteroatoms. The van der Waals surface area contributed by atoms with Gasteiger partial charge in [-0.1, -0.05) is 71.7 Å². The van der Waals surface area contributed by atoms with Crippen molar-refractivity contribution in [2.45, 2.75) is 64.6 Å². The monoisotopic (exact) mass is 296 g/mol. The molecule has 0 amide bonds. The summed E-state index contributed by atoms with van der Waals surface area (Å²) in [5, 5.41) is 0. The number of allylic oxidation sites excluding steroid dienone is 1. The Kier molecular flexibility index (Phi) is 4.79. The summed E-state index contributed by atoms with van der Waals surface area (Å²) in [7, 11) is -1.60. The topological polar surface area (TPSA) is 0 Å². The molecule has 0 saturated carbocycles. The minimum atomic E-state index is -1.60. The summed E-state index contributed by atoms with van der Waals surface area (Å²) in [4.78, 5) is 0. The minimum absolute atomic E-state index is 0.703. The van der Waals surface area contributed by atoms with Gasteiger partial charge in [0.25, 0.3) is 0 Å². The first kappa shape index (κ1) is 16.1. The standard InChI is InChI=1S/C20H28Si/c1-15(2)21(16(3)4,17(5)6)12-11-18-13-19-9-7-8-10-20(19)14-18/h7-10,13,15-17H,14H2,1-6H3. The van der Waals surface area contributed by atoms with E-state index >= 15 is 0 Å². The van der Waals surface area contributed by atoms with E-state index in [-0.39, 0.29) is 0 Å². The van der Waals surface area contributed by atoms with Crippen LogP contribution < -0.4 is 0 Å². The largest absolute Gasteiger partial charge is 0.146 e. The normalized spacial score (nSPS) is 14.2. The van der Waals surface area contributed by atoms with Crippen LogP contribution in [0.25, 0.3) is 6.08 Å². The SMILES string of the molecule is CC(C)[Si](C#CC1=Cc2ccccc2C1)(C(C)C)C(C)C. The van der Waals surface area contributed by atoms with E-state index in [9.17, 15) is 0 Å². The first-order valence-corrected chi connectivity index (χ1v) is 10.4. The zero-order valence-electron chi connectivity index (χ0n) is 14.3. The Morgan fingerprint density at radius 2 is 1.48 bits per heavy atom. The van der Waals surface area contributed by atoms with Crippen molar-refractivity contribution >= 4 is 14.1 Å². The Morgan fingerprint density at radius 1 is 0.905 bits per heavy atom. The van der Waals surface area contributed by atoms with E-state index in [0.717, 1.165) is 6.42 Å². The molecule has 0 radical (unpaired) electrons. The summed E-state index contributed by atoms with van der Waals surface area (Å²) in [5.41, 5.74) is 10.0. The number of hydrogen-bond acceptors (Lipinski definition) is 0. The summed E-state index contributed by atoms with van der Waals surface area (Å²) in [6, 6.07) is 8.65. The molecule has 21 heavy (non-hydrogen) atoms. The van der Waals surface area contributed by atoms with Crippen LogP contribution in [-0.2, 0) is 6.42 Å². The fourth-order valence-corrected chi connectivity index (χ4v) is 9.22. The van der Waals surface area contributed by atoms with Gasteiger partial charge in [-0.25, -0.2) is 0 Å². The Hall–Kier alpha value is -1.26. The molecule has 0 spiro atoms. The van der Waals surface area contributed by atoms with Gasteiger partial charge in [0.15, 0.2) is 0 Å². The molecule has 0 bridgehead atoms. The molecule has 0 N–H and O–H groups in total. The summed E-state index contributed by atoms with van der Waals surface area (Å²) < 4.78 is 0. The number of hydrogen-bond donors (Lipinski definition) is 0. The van der Waals surface area contributed by atoms with Gasteiger partial charge in [-0.05, 0) is 33.8 Å². The zero-order chi connectivity index (χ0) is 15.6. The van der Waals surface area contributed by atoms with Crippen LogP contribution in [0, 0.1) is 11.5 Å². The van der Waals surface area contributed by atoms with Crippen molar-refractivity contribution in [3.05, 3.63) is 41.0 Å². The highest BCUT2D eigenvalue weighted by atomic mass is 28.3. The van der Waals surface area contributed by atoms with Gasteiger partial charge >= 0.3 is 0 Å². The third kappa shape index (κ3) is 3.01. The van der Waals surface area contributed by atoms with Gasteiger partial charge in [-0.15, -0.1) is 5.54 Å². The van der Waals surface area contributed by atoms with E-state index in [2.05, 4.69) is 83.3 Å². The van der Waals surface area contributed by atoms with E-state index in [0.29, 0.717) is 16.6 Å². The van der Waals surface area contributed by atoms with Gasteiger partial charge in [0, 0.05) is 12.0 Å². The van der Waals surface area contributed by atoms with Crippen LogP contribution in [0.5, 0.6) is 0 Å². The molecule has 0 fully saturated rings. The highest BCUT2D eigenvalue weighted by molar-refractivity contribution is 6.90. The first-order valence-electron chi connectivity index (χ1n) is 8.19. The lowest BCUT2D eigenvalue weighted by Crippen LogP contribution is -2.43. The molecule has 1 aliphatic carbocycles. The van der Waals surface area contributed by atoms with Gasteiger partial charge < -0.3 is 0 Å². The average molecular weight is 297 g/mol. The van der Waals surface area contributed by atoms with Gasteiger partial charge in [0.05, 0.1) is 0 Å². The summed E-state index contributed by atoms with van der Waals surface area (Å²) in [5.74, 6) is 3.59. The fourth-order valence-electron chi connectivity index (χ4n) is 3.98. The third-order valence-electron chi connectivity index (χ3n) is 5.07. The number of rotatable bonds is 3. The van der Waals surface area contributed by atoms with Crippen molar-refractivity contribution in [2.75, 3.05) is 0 Å². The highest BCUT2D eigenvalue weighted by Gasteiger charge is 2.41. The van der Waals surface area contributed by atoms with E-state index in [1.54, 1.807) is 0 Å². The Morgan fingerprint density at radius 3 is 2.00 bits per heavy atom. The predicted molar refractivity (Wildman–Crippen MR) is 96.9 cm³/mol. The van der Waals surface area contributed by atoms with E-state index < -0.39 is 8.07 Å². The second-order valence-corrected chi connectivity index (χ2v) is 12.8. The van der Waals surface area contributed by atoms with Crippen molar-refractivity contribution in [3.8, 4) is 11.5 Å². The lowest BCUT2D eigenvalue weighted by atomic mass is 10.1. The van der Waals surface area contributed by atoms with Crippen molar-refractivity contribution < 1.29 is 0 Å². The molecule has 0 heterocycles. The Balaban J connectivity index is 2.33. The van der Waals surface area contributed by atoms with Crippen LogP contribution in [0.4, 0.5) is 0 Å². The Bertz CT molecular complexity index is 572. The molecule has 2 rings (SSSR count). The van der Waals surface area contributed by atoms with Gasteiger partial charge in [0.2, 0.25) is 0 Å². The van der Waals surface area contributed by atoms with Crippen LogP contribution in [0.1, 0.15) is 52.7 Å². The quantitative estimate of drug-likeness (QED) is 0.485. The van der Waals surface area contributed by atoms with Crippen LogP contribution in [0.2, 0.25) is 16.6 Å². The third-order valence-corrected chi connectivity index (χ3v) is 11.4. The molecular weight excluding hydrogens is 268 g/mol. The second-order valence-electron chi connectivity index (χ2n) is 7.19. The second kappa shape index (κ2) is 6.24. The van der Waals surface area contributed by atoms with E-state index in [1.807, 2.05) is 0 Å². The molecule has 0 aliphatic heterocycles. The number of fused-ring (bicyclic) bond motifs is 1. The van der Waals surface area contributed by atoms with Gasteiger partial charge in [0.1, 0.15) is 8.07 Å². The van der Waals surface area contributed by atoms with Crippen molar-refractivity contribution in [1.82, 2.24) is 0 Å². The molecule has 1 aromatic carbocycles. The van der Waals surface area contributed by atoms with Gasteiger partial charge in [-0.3, -0.25) is 0 Å². The lowest BCUT2D eigenvalue weighted by molar-refractivity contribution is 0.838. The van der Waals surface area contributed by atoms with Crippen LogP contribution in [0.3, 0.4) is 0 Å². The van der Waals surface area contributed by atoms with Crippen molar-refractivity contribution in [3.63, 3.8) is 0 Å². The molecule has 0 aromatic heterocycles. The van der Waals surface area contributed by atoms with E-state index in [1.165, 1.54) is 16.7 Å². The lowest BCUT2D eigenvalue weighted by Gasteiger charge is -2.38. The molecular formula is C20H28Si. The predicted octanol–water partition coefficient (Wildman–Crippen LogP) is 5.85. The molecule has 112 valence electrons. The van der Waals surface area contributed by atoms with Crippen molar-refractivity contribution in [1.29, 1.82) is 0 Å². The zero-order valence-corrected chi connectivity index (χ0v) is 15.3. The minimum Gasteiger partial charge on any atom is -0.125 e. The molecule has 0 unspecified atom stereocenters. The van der Waals surface area contributed by atoms with Crippen LogP contribution in [-0.4, -0.2) is 8.07 Å². The summed E-state index contributed by atoms with van der Waals surface area (Å²) in [6.45, 7) is 14.2. The molecule has 0 nitrogen and oxygen atoms in total.